The van der Waals surface area contributed by atoms with E-state index in [1.807, 2.05) is 71.1 Å². The van der Waals surface area contributed by atoms with Gasteiger partial charge in [-0.05, 0) is 56.5 Å². The SMILES string of the molecule is Cc1cc(-c2cn3c(-c4ccc(N)cc4)cnc3cn2)ccc1C(=O)N1CCC(C)(N)CC1. The number of hydrogen-bond acceptors (Lipinski definition) is 5. The highest BCUT2D eigenvalue weighted by Gasteiger charge is 2.29. The topological polar surface area (TPSA) is 103 Å². The van der Waals surface area contributed by atoms with E-state index in [1.165, 1.54) is 0 Å². The monoisotopic (exact) mass is 440 g/mol. The van der Waals surface area contributed by atoms with E-state index in [-0.39, 0.29) is 11.4 Å². The van der Waals surface area contributed by atoms with Crippen LogP contribution in [0.4, 0.5) is 5.69 Å². The molecule has 4 N–H and O–H groups in total. The van der Waals surface area contributed by atoms with Crippen LogP contribution in [-0.4, -0.2) is 43.8 Å². The summed E-state index contributed by atoms with van der Waals surface area (Å²) in [5.41, 5.74) is 18.8. The fourth-order valence-corrected chi connectivity index (χ4v) is 4.36. The van der Waals surface area contributed by atoms with Gasteiger partial charge in [0.2, 0.25) is 0 Å². The van der Waals surface area contributed by atoms with E-state index in [9.17, 15) is 4.79 Å². The minimum atomic E-state index is -0.182. The van der Waals surface area contributed by atoms with Crippen molar-refractivity contribution in [2.45, 2.75) is 32.2 Å². The van der Waals surface area contributed by atoms with Crippen LogP contribution in [0.5, 0.6) is 0 Å². The van der Waals surface area contributed by atoms with Gasteiger partial charge in [-0.25, -0.2) is 4.98 Å². The van der Waals surface area contributed by atoms with Crippen molar-refractivity contribution in [2.24, 2.45) is 5.73 Å². The largest absolute Gasteiger partial charge is 0.399 e. The second-order valence-electron chi connectivity index (χ2n) is 9.24. The molecule has 1 aliphatic heterocycles. The van der Waals surface area contributed by atoms with Crippen molar-refractivity contribution in [3.05, 3.63) is 72.2 Å². The molecule has 1 fully saturated rings. The van der Waals surface area contributed by atoms with Gasteiger partial charge in [-0.1, -0.05) is 18.2 Å². The average molecular weight is 441 g/mol. The van der Waals surface area contributed by atoms with Gasteiger partial charge in [0.05, 0.1) is 23.8 Å². The summed E-state index contributed by atoms with van der Waals surface area (Å²) in [5.74, 6) is 0.0678. The van der Waals surface area contributed by atoms with Crippen LogP contribution < -0.4 is 11.5 Å². The van der Waals surface area contributed by atoms with Crippen LogP contribution in [0.1, 0.15) is 35.7 Å². The molecule has 168 valence electrons. The normalized spacial score (nSPS) is 15.7. The lowest BCUT2D eigenvalue weighted by molar-refractivity contribution is 0.0680. The molecule has 33 heavy (non-hydrogen) atoms. The van der Waals surface area contributed by atoms with E-state index in [0.717, 1.165) is 57.8 Å². The van der Waals surface area contributed by atoms with Crippen LogP contribution in [-0.2, 0) is 0 Å². The van der Waals surface area contributed by atoms with Crippen LogP contribution in [0.3, 0.4) is 0 Å². The van der Waals surface area contributed by atoms with E-state index in [1.54, 1.807) is 6.20 Å². The second kappa shape index (κ2) is 8.01. The van der Waals surface area contributed by atoms with Crippen LogP contribution in [0.2, 0.25) is 0 Å². The van der Waals surface area contributed by atoms with Crippen molar-refractivity contribution < 1.29 is 4.79 Å². The number of anilines is 1. The number of fused-ring (bicyclic) bond motifs is 1. The Bertz CT molecular complexity index is 1330. The summed E-state index contributed by atoms with van der Waals surface area (Å²) in [6, 6.07) is 13.6. The van der Waals surface area contributed by atoms with Gasteiger partial charge in [0.25, 0.3) is 5.91 Å². The smallest absolute Gasteiger partial charge is 0.254 e. The number of likely N-dealkylation sites (tertiary alicyclic amines) is 1. The Morgan fingerprint density at radius 1 is 1.00 bits per heavy atom. The van der Waals surface area contributed by atoms with Crippen molar-refractivity contribution >= 4 is 17.2 Å². The minimum Gasteiger partial charge on any atom is -0.399 e. The number of hydrogen-bond donors (Lipinski definition) is 2. The molecule has 0 bridgehead atoms. The predicted octanol–water partition coefficient (Wildman–Crippen LogP) is 3.91. The zero-order chi connectivity index (χ0) is 23.2. The maximum Gasteiger partial charge on any atom is 0.254 e. The number of carbonyl (C=O) groups excluding carboxylic acids is 1. The zero-order valence-corrected chi connectivity index (χ0v) is 19.0. The van der Waals surface area contributed by atoms with Crippen LogP contribution in [0, 0.1) is 6.92 Å². The van der Waals surface area contributed by atoms with E-state index < -0.39 is 0 Å². The average Bonchev–Trinajstić information content (AvgIpc) is 3.22. The molecule has 3 heterocycles. The molecule has 0 unspecified atom stereocenters. The lowest BCUT2D eigenvalue weighted by Gasteiger charge is -2.37. The summed E-state index contributed by atoms with van der Waals surface area (Å²) < 4.78 is 2.03. The standard InChI is InChI=1S/C26H28N6O/c1-17-13-19(5-8-21(17)25(33)31-11-9-26(2,28)10-12-31)22-16-32-23(14-30-24(32)15-29-22)18-3-6-20(27)7-4-18/h3-8,13-16H,9-12,27-28H2,1-2H3. The Labute approximate surface area is 193 Å². The summed E-state index contributed by atoms with van der Waals surface area (Å²) >= 11 is 0. The third-order valence-electron chi connectivity index (χ3n) is 6.55. The third-order valence-corrected chi connectivity index (χ3v) is 6.55. The first-order valence-corrected chi connectivity index (χ1v) is 11.2. The fraction of sp³-hybridized carbons (Fsp3) is 0.269. The highest BCUT2D eigenvalue weighted by molar-refractivity contribution is 5.96. The van der Waals surface area contributed by atoms with E-state index >= 15 is 0 Å². The van der Waals surface area contributed by atoms with Crippen LogP contribution in [0.25, 0.3) is 28.2 Å². The summed E-state index contributed by atoms with van der Waals surface area (Å²) in [6.07, 6.45) is 7.23. The number of nitrogens with zero attached hydrogens (tertiary/aromatic N) is 4. The van der Waals surface area contributed by atoms with Crippen molar-refractivity contribution in [1.29, 1.82) is 0 Å². The predicted molar refractivity (Wildman–Crippen MR) is 131 cm³/mol. The molecular formula is C26H28N6O. The first kappa shape index (κ1) is 21.2. The molecule has 2 aromatic carbocycles. The van der Waals surface area contributed by atoms with Gasteiger partial charge in [-0.2, -0.15) is 0 Å². The molecule has 4 aromatic rings. The molecule has 0 aliphatic carbocycles. The van der Waals surface area contributed by atoms with E-state index in [0.29, 0.717) is 13.1 Å². The molecule has 1 amide bonds. The Balaban J connectivity index is 1.44. The Hall–Kier alpha value is -3.71. The molecule has 1 aliphatic rings. The molecule has 7 heteroatoms. The number of benzene rings is 2. The first-order chi connectivity index (χ1) is 15.8. The highest BCUT2D eigenvalue weighted by atomic mass is 16.2. The Morgan fingerprint density at radius 2 is 1.70 bits per heavy atom. The number of nitrogen functional groups attached to an aromatic ring is 1. The maximum atomic E-state index is 13.1. The minimum absolute atomic E-state index is 0.0678. The summed E-state index contributed by atoms with van der Waals surface area (Å²) in [5, 5.41) is 0. The van der Waals surface area contributed by atoms with Crippen LogP contribution in [0.15, 0.2) is 61.1 Å². The van der Waals surface area contributed by atoms with Gasteiger partial charge < -0.3 is 16.4 Å². The van der Waals surface area contributed by atoms with Crippen molar-refractivity contribution in [3.63, 3.8) is 0 Å². The van der Waals surface area contributed by atoms with Gasteiger partial charge in [0, 0.05) is 47.2 Å². The number of carbonyl (C=O) groups is 1. The molecule has 2 aromatic heterocycles. The number of piperidine rings is 1. The van der Waals surface area contributed by atoms with Gasteiger partial charge in [0.1, 0.15) is 0 Å². The summed E-state index contributed by atoms with van der Waals surface area (Å²) in [6.45, 7) is 5.42. The lowest BCUT2D eigenvalue weighted by Crippen LogP contribution is -2.49. The number of imidazole rings is 1. The molecule has 0 radical (unpaired) electrons. The Morgan fingerprint density at radius 3 is 2.39 bits per heavy atom. The summed E-state index contributed by atoms with van der Waals surface area (Å²) in [7, 11) is 0. The van der Waals surface area contributed by atoms with Gasteiger partial charge in [-0.15, -0.1) is 0 Å². The molecule has 7 nitrogen and oxygen atoms in total. The number of aromatic nitrogens is 3. The highest BCUT2D eigenvalue weighted by Crippen LogP contribution is 2.27. The number of amides is 1. The number of aryl methyl sites for hydroxylation is 1. The third kappa shape index (κ3) is 4.07. The number of rotatable bonds is 3. The molecule has 0 saturated carbocycles. The van der Waals surface area contributed by atoms with Crippen molar-refractivity contribution in [3.8, 4) is 22.5 Å². The Kier molecular flexibility index (Phi) is 5.13. The molecule has 0 atom stereocenters. The van der Waals surface area contributed by atoms with Crippen molar-refractivity contribution in [2.75, 3.05) is 18.8 Å². The molecular weight excluding hydrogens is 412 g/mol. The van der Waals surface area contributed by atoms with Crippen LogP contribution >= 0.6 is 0 Å². The zero-order valence-electron chi connectivity index (χ0n) is 19.0. The summed E-state index contributed by atoms with van der Waals surface area (Å²) in [4.78, 5) is 24.1. The first-order valence-electron chi connectivity index (χ1n) is 11.2. The fourth-order valence-electron chi connectivity index (χ4n) is 4.36. The molecule has 0 spiro atoms. The lowest BCUT2D eigenvalue weighted by atomic mass is 9.90. The van der Waals surface area contributed by atoms with E-state index in [4.69, 9.17) is 11.5 Å². The van der Waals surface area contributed by atoms with Gasteiger partial charge in [-0.3, -0.25) is 14.2 Å². The maximum absolute atomic E-state index is 13.1. The quantitative estimate of drug-likeness (QED) is 0.470. The van der Waals surface area contributed by atoms with E-state index in [2.05, 4.69) is 16.9 Å². The molecule has 1 saturated heterocycles. The molecule has 5 rings (SSSR count). The van der Waals surface area contributed by atoms with Gasteiger partial charge in [0.15, 0.2) is 5.65 Å². The number of nitrogens with two attached hydrogens (primary N) is 2. The second-order valence-corrected chi connectivity index (χ2v) is 9.24. The van der Waals surface area contributed by atoms with Gasteiger partial charge >= 0.3 is 0 Å². The van der Waals surface area contributed by atoms with Crippen molar-refractivity contribution in [1.82, 2.24) is 19.3 Å².